The second-order valence-corrected chi connectivity index (χ2v) is 9.40. The van der Waals surface area contributed by atoms with Gasteiger partial charge in [-0.05, 0) is 22.9 Å². The molecule has 6 nitrogen and oxygen atoms in total. The molecule has 1 aliphatic heterocycles. The van der Waals surface area contributed by atoms with Gasteiger partial charge in [-0.2, -0.15) is 9.29 Å². The van der Waals surface area contributed by atoms with E-state index in [2.05, 4.69) is 10.1 Å². The summed E-state index contributed by atoms with van der Waals surface area (Å²) in [6.07, 6.45) is 0.644. The van der Waals surface area contributed by atoms with Gasteiger partial charge in [-0.15, -0.1) is 22.7 Å². The Morgan fingerprint density at radius 3 is 2.70 bits per heavy atom. The zero-order valence-electron chi connectivity index (χ0n) is 12.0. The van der Waals surface area contributed by atoms with Crippen LogP contribution in [0, 0.1) is 0 Å². The molecule has 0 radical (unpaired) electrons. The van der Waals surface area contributed by atoms with Crippen LogP contribution in [-0.4, -0.2) is 36.0 Å². The van der Waals surface area contributed by atoms with Crippen LogP contribution in [0.4, 0.5) is 0 Å². The van der Waals surface area contributed by atoms with Gasteiger partial charge >= 0.3 is 0 Å². The monoisotopic (exact) mass is 367 g/mol. The van der Waals surface area contributed by atoms with Crippen LogP contribution < -0.4 is 0 Å². The van der Waals surface area contributed by atoms with Crippen molar-refractivity contribution < 1.29 is 12.9 Å². The standard InChI is InChI=1S/C14H13N3O3S3/c18-23(19,13-4-2-6-22-13)17-8-10(9-17)14-15-12(16-20-14)7-11-3-1-5-21-11/h1-6,10H,7-9H2. The minimum Gasteiger partial charge on any atom is -0.339 e. The van der Waals surface area contributed by atoms with Gasteiger partial charge in [0.05, 0.1) is 5.92 Å². The van der Waals surface area contributed by atoms with Gasteiger partial charge in [-0.25, -0.2) is 8.42 Å². The van der Waals surface area contributed by atoms with E-state index >= 15 is 0 Å². The fraction of sp³-hybridized carbons (Fsp3) is 0.286. The minimum atomic E-state index is -3.37. The predicted molar refractivity (Wildman–Crippen MR) is 87.2 cm³/mol. The van der Waals surface area contributed by atoms with E-state index in [0.29, 0.717) is 35.4 Å². The molecular formula is C14H13N3O3S3. The van der Waals surface area contributed by atoms with E-state index in [0.717, 1.165) is 0 Å². The summed E-state index contributed by atoms with van der Waals surface area (Å²) in [6, 6.07) is 7.38. The van der Waals surface area contributed by atoms with Crippen LogP contribution in [0.3, 0.4) is 0 Å². The molecule has 0 saturated carbocycles. The molecule has 1 aliphatic rings. The average molecular weight is 367 g/mol. The molecule has 0 unspecified atom stereocenters. The lowest BCUT2D eigenvalue weighted by Crippen LogP contribution is -2.48. The van der Waals surface area contributed by atoms with Crippen molar-refractivity contribution in [3.63, 3.8) is 0 Å². The molecule has 9 heteroatoms. The second kappa shape index (κ2) is 5.82. The topological polar surface area (TPSA) is 76.3 Å². The summed E-state index contributed by atoms with van der Waals surface area (Å²) in [5, 5.41) is 7.76. The molecular weight excluding hydrogens is 354 g/mol. The summed E-state index contributed by atoms with van der Waals surface area (Å²) in [6.45, 7) is 0.780. The van der Waals surface area contributed by atoms with Crippen molar-refractivity contribution in [2.24, 2.45) is 0 Å². The number of rotatable bonds is 5. The van der Waals surface area contributed by atoms with E-state index in [1.54, 1.807) is 28.8 Å². The maximum absolute atomic E-state index is 12.3. The van der Waals surface area contributed by atoms with Crippen LogP contribution in [-0.2, 0) is 16.4 Å². The van der Waals surface area contributed by atoms with Gasteiger partial charge in [0.1, 0.15) is 4.21 Å². The highest BCUT2D eigenvalue weighted by Gasteiger charge is 2.40. The van der Waals surface area contributed by atoms with Gasteiger partial charge in [0.25, 0.3) is 10.0 Å². The molecule has 1 saturated heterocycles. The summed E-state index contributed by atoms with van der Waals surface area (Å²) < 4.78 is 31.8. The van der Waals surface area contributed by atoms with Crippen LogP contribution in [0.1, 0.15) is 22.5 Å². The molecule has 0 N–H and O–H groups in total. The SMILES string of the molecule is O=S(=O)(c1cccs1)N1CC(c2nc(Cc3cccs3)no2)C1. The fourth-order valence-electron chi connectivity index (χ4n) is 2.40. The van der Waals surface area contributed by atoms with Crippen LogP contribution in [0.5, 0.6) is 0 Å². The predicted octanol–water partition coefficient (Wildman–Crippen LogP) is 2.57. The molecule has 0 atom stereocenters. The second-order valence-electron chi connectivity index (χ2n) is 5.26. The third-order valence-corrected chi connectivity index (χ3v) is 7.76. The number of hydrogen-bond donors (Lipinski definition) is 0. The molecule has 0 aromatic carbocycles. The van der Waals surface area contributed by atoms with Crippen LogP contribution >= 0.6 is 22.7 Å². The highest BCUT2D eigenvalue weighted by atomic mass is 32.2. The molecule has 0 amide bonds. The van der Waals surface area contributed by atoms with E-state index in [-0.39, 0.29) is 5.92 Å². The van der Waals surface area contributed by atoms with Gasteiger partial charge in [-0.1, -0.05) is 17.3 Å². The van der Waals surface area contributed by atoms with Crippen molar-refractivity contribution in [2.75, 3.05) is 13.1 Å². The number of aromatic nitrogens is 2. The molecule has 3 aromatic rings. The number of nitrogens with zero attached hydrogens (tertiary/aromatic N) is 3. The van der Waals surface area contributed by atoms with E-state index in [1.165, 1.54) is 20.5 Å². The molecule has 4 heterocycles. The largest absolute Gasteiger partial charge is 0.339 e. The molecule has 0 aliphatic carbocycles. The van der Waals surface area contributed by atoms with Crippen molar-refractivity contribution in [3.05, 3.63) is 51.6 Å². The van der Waals surface area contributed by atoms with Gasteiger partial charge < -0.3 is 4.52 Å². The molecule has 4 rings (SSSR count). The van der Waals surface area contributed by atoms with Crippen LogP contribution in [0.15, 0.2) is 43.8 Å². The molecule has 0 spiro atoms. The maximum atomic E-state index is 12.3. The van der Waals surface area contributed by atoms with Crippen molar-refractivity contribution in [1.82, 2.24) is 14.4 Å². The number of hydrogen-bond acceptors (Lipinski definition) is 7. The Labute approximate surface area is 141 Å². The Kier molecular flexibility index (Phi) is 3.80. The van der Waals surface area contributed by atoms with E-state index in [9.17, 15) is 8.42 Å². The first-order chi connectivity index (χ1) is 11.1. The molecule has 23 heavy (non-hydrogen) atoms. The lowest BCUT2D eigenvalue weighted by molar-refractivity contribution is 0.217. The third kappa shape index (κ3) is 2.85. The Morgan fingerprint density at radius 1 is 1.22 bits per heavy atom. The van der Waals surface area contributed by atoms with E-state index < -0.39 is 10.0 Å². The molecule has 0 bridgehead atoms. The normalized spacial score (nSPS) is 16.5. The van der Waals surface area contributed by atoms with Crippen molar-refractivity contribution in [2.45, 2.75) is 16.5 Å². The third-order valence-electron chi connectivity index (χ3n) is 3.68. The minimum absolute atomic E-state index is 0.0191. The van der Waals surface area contributed by atoms with Crippen LogP contribution in [0.2, 0.25) is 0 Å². The van der Waals surface area contributed by atoms with E-state index in [1.807, 2.05) is 17.5 Å². The van der Waals surface area contributed by atoms with Crippen molar-refractivity contribution in [1.29, 1.82) is 0 Å². The highest BCUT2D eigenvalue weighted by Crippen LogP contribution is 2.32. The number of sulfonamides is 1. The fourth-order valence-corrected chi connectivity index (χ4v) is 5.78. The van der Waals surface area contributed by atoms with Gasteiger partial charge in [0.2, 0.25) is 5.89 Å². The van der Waals surface area contributed by atoms with Gasteiger partial charge in [0.15, 0.2) is 5.82 Å². The van der Waals surface area contributed by atoms with Crippen molar-refractivity contribution >= 4 is 32.7 Å². The maximum Gasteiger partial charge on any atom is 0.252 e. The lowest BCUT2D eigenvalue weighted by atomic mass is 10.0. The first kappa shape index (κ1) is 15.0. The summed E-state index contributed by atoms with van der Waals surface area (Å²) in [7, 11) is -3.37. The van der Waals surface area contributed by atoms with Crippen LogP contribution in [0.25, 0.3) is 0 Å². The Hall–Kier alpha value is -1.55. The Morgan fingerprint density at radius 2 is 2.00 bits per heavy atom. The Balaban J connectivity index is 1.41. The summed E-state index contributed by atoms with van der Waals surface area (Å²) in [5.41, 5.74) is 0. The first-order valence-electron chi connectivity index (χ1n) is 7.01. The highest BCUT2D eigenvalue weighted by molar-refractivity contribution is 7.91. The number of thiophene rings is 2. The first-order valence-corrected chi connectivity index (χ1v) is 10.2. The zero-order chi connectivity index (χ0) is 15.9. The lowest BCUT2D eigenvalue weighted by Gasteiger charge is -2.35. The molecule has 3 aromatic heterocycles. The van der Waals surface area contributed by atoms with E-state index in [4.69, 9.17) is 4.52 Å². The van der Waals surface area contributed by atoms with Gasteiger partial charge in [0, 0.05) is 24.4 Å². The quantitative estimate of drug-likeness (QED) is 0.693. The van der Waals surface area contributed by atoms with Crippen molar-refractivity contribution in [3.8, 4) is 0 Å². The summed E-state index contributed by atoms with van der Waals surface area (Å²) in [4.78, 5) is 5.57. The average Bonchev–Trinajstić information content (AvgIpc) is 3.18. The summed E-state index contributed by atoms with van der Waals surface area (Å²) >= 11 is 2.88. The molecule has 120 valence electrons. The smallest absolute Gasteiger partial charge is 0.252 e. The van der Waals surface area contributed by atoms with Gasteiger partial charge in [-0.3, -0.25) is 0 Å². The zero-order valence-corrected chi connectivity index (χ0v) is 14.4. The summed E-state index contributed by atoms with van der Waals surface area (Å²) in [5.74, 6) is 1.14. The molecule has 1 fully saturated rings. The Bertz CT molecular complexity index is 879.